The zero-order valence-electron chi connectivity index (χ0n) is 20.4. The van der Waals surface area contributed by atoms with Gasteiger partial charge in [-0.15, -0.1) is 0 Å². The lowest BCUT2D eigenvalue weighted by molar-refractivity contribution is -0.142. The minimum absolute atomic E-state index is 0.0469. The van der Waals surface area contributed by atoms with Crippen LogP contribution in [-0.4, -0.2) is 10.1 Å². The zero-order chi connectivity index (χ0) is 26.6. The van der Waals surface area contributed by atoms with Gasteiger partial charge in [-0.25, -0.2) is 4.98 Å². The number of aryl methyl sites for hydroxylation is 1. The van der Waals surface area contributed by atoms with E-state index in [1.807, 2.05) is 31.2 Å². The molecule has 2 aromatic heterocycles. The molecule has 0 aliphatic heterocycles. The summed E-state index contributed by atoms with van der Waals surface area (Å²) in [6.07, 6.45) is -2.08. The smallest absolute Gasteiger partial charge is 0.433 e. The molecule has 2 fully saturated rings. The fraction of sp³-hybridized carbons (Fsp3) is 0.310. The van der Waals surface area contributed by atoms with Crippen molar-refractivity contribution in [2.45, 2.75) is 56.7 Å². The summed E-state index contributed by atoms with van der Waals surface area (Å²) in [6, 6.07) is 16.0. The van der Waals surface area contributed by atoms with Gasteiger partial charge in [0.05, 0.1) is 15.6 Å². The van der Waals surface area contributed by atoms with Crippen molar-refractivity contribution in [3.8, 4) is 17.1 Å². The largest absolute Gasteiger partial charge is 0.473 e. The molecule has 2 unspecified atom stereocenters. The lowest BCUT2D eigenvalue weighted by Crippen LogP contribution is -2.13. The van der Waals surface area contributed by atoms with E-state index >= 15 is 0 Å². The van der Waals surface area contributed by atoms with Gasteiger partial charge >= 0.3 is 6.18 Å². The van der Waals surface area contributed by atoms with Crippen LogP contribution in [0.5, 0.6) is 5.88 Å². The van der Waals surface area contributed by atoms with E-state index in [1.54, 1.807) is 18.2 Å². The second-order valence-electron chi connectivity index (χ2n) is 9.98. The average molecular weight is 559 g/mol. The van der Waals surface area contributed by atoms with Crippen LogP contribution in [0, 0.1) is 6.92 Å². The van der Waals surface area contributed by atoms with E-state index in [-0.39, 0.29) is 35.8 Å². The van der Waals surface area contributed by atoms with Crippen molar-refractivity contribution < 1.29 is 22.4 Å². The molecule has 0 spiro atoms. The molecule has 2 aromatic carbocycles. The van der Waals surface area contributed by atoms with Crippen molar-refractivity contribution in [1.82, 2.24) is 10.1 Å². The number of pyridine rings is 1. The molecule has 2 heterocycles. The van der Waals surface area contributed by atoms with Crippen LogP contribution in [0.25, 0.3) is 11.3 Å². The fourth-order valence-electron chi connectivity index (χ4n) is 5.06. The highest BCUT2D eigenvalue weighted by molar-refractivity contribution is 6.39. The van der Waals surface area contributed by atoms with E-state index in [1.165, 1.54) is 12.1 Å². The summed E-state index contributed by atoms with van der Waals surface area (Å²) in [5.41, 5.74) is 2.97. The van der Waals surface area contributed by atoms with E-state index in [9.17, 15) is 13.2 Å². The van der Waals surface area contributed by atoms with Crippen LogP contribution in [0.3, 0.4) is 0 Å². The maximum Gasteiger partial charge on any atom is 0.433 e. The Morgan fingerprint density at radius 1 is 1.00 bits per heavy atom. The zero-order valence-corrected chi connectivity index (χ0v) is 21.9. The summed E-state index contributed by atoms with van der Waals surface area (Å²) in [4.78, 5) is 3.93. The van der Waals surface area contributed by atoms with Gasteiger partial charge in [0.25, 0.3) is 0 Å². The topological polar surface area (TPSA) is 48.2 Å². The number of aromatic nitrogens is 2. The molecule has 38 heavy (non-hydrogen) atoms. The molecule has 9 heteroatoms. The highest BCUT2D eigenvalue weighted by Crippen LogP contribution is 2.57. The van der Waals surface area contributed by atoms with Gasteiger partial charge in [0.1, 0.15) is 18.1 Å². The SMILES string of the molecule is Cc1cccc(C2CC2c2ccc(OCc3c(-c4c(Cl)cccc4Cl)noc3C3CC3)nc2C(F)(F)F)c1. The first-order chi connectivity index (χ1) is 18.2. The van der Waals surface area contributed by atoms with Crippen molar-refractivity contribution in [1.29, 1.82) is 0 Å². The molecule has 0 radical (unpaired) electrons. The van der Waals surface area contributed by atoms with E-state index < -0.39 is 11.9 Å². The van der Waals surface area contributed by atoms with Crippen LogP contribution in [0.2, 0.25) is 10.0 Å². The molecule has 6 rings (SSSR count). The van der Waals surface area contributed by atoms with Crippen molar-refractivity contribution >= 4 is 23.2 Å². The number of ether oxygens (including phenoxy) is 1. The quantitative estimate of drug-likeness (QED) is 0.227. The van der Waals surface area contributed by atoms with Crippen LogP contribution < -0.4 is 4.74 Å². The monoisotopic (exact) mass is 558 g/mol. The summed E-state index contributed by atoms with van der Waals surface area (Å²) >= 11 is 12.8. The third kappa shape index (κ3) is 4.90. The summed E-state index contributed by atoms with van der Waals surface area (Å²) in [6.45, 7) is 1.90. The van der Waals surface area contributed by atoms with Crippen molar-refractivity contribution in [3.63, 3.8) is 0 Å². The van der Waals surface area contributed by atoms with Gasteiger partial charge in [0.2, 0.25) is 5.88 Å². The lowest BCUT2D eigenvalue weighted by atomic mass is 10.0. The Morgan fingerprint density at radius 2 is 1.74 bits per heavy atom. The van der Waals surface area contributed by atoms with Gasteiger partial charge in [-0.05, 0) is 61.3 Å². The molecule has 2 aliphatic rings. The molecule has 2 saturated carbocycles. The van der Waals surface area contributed by atoms with Crippen molar-refractivity contribution in [2.24, 2.45) is 0 Å². The van der Waals surface area contributed by atoms with Crippen molar-refractivity contribution in [2.75, 3.05) is 0 Å². The third-order valence-electron chi connectivity index (χ3n) is 7.16. The van der Waals surface area contributed by atoms with Gasteiger partial charge in [-0.3, -0.25) is 0 Å². The maximum absolute atomic E-state index is 14.1. The van der Waals surface area contributed by atoms with Gasteiger partial charge in [-0.1, -0.05) is 70.3 Å². The number of nitrogens with zero attached hydrogens (tertiary/aromatic N) is 2. The molecule has 4 nitrogen and oxygen atoms in total. The van der Waals surface area contributed by atoms with E-state index in [0.717, 1.165) is 24.0 Å². The summed E-state index contributed by atoms with van der Waals surface area (Å²) in [5, 5.41) is 4.99. The molecule has 2 atom stereocenters. The molecule has 0 amide bonds. The van der Waals surface area contributed by atoms with Gasteiger partial charge in [-0.2, -0.15) is 13.2 Å². The average Bonchev–Trinajstić information content (AvgIpc) is 3.80. The highest BCUT2D eigenvalue weighted by Gasteiger charge is 2.46. The molecule has 0 N–H and O–H groups in total. The number of benzene rings is 2. The van der Waals surface area contributed by atoms with Gasteiger partial charge in [0, 0.05) is 17.5 Å². The predicted molar refractivity (Wildman–Crippen MR) is 139 cm³/mol. The first-order valence-corrected chi connectivity index (χ1v) is 13.2. The van der Waals surface area contributed by atoms with Gasteiger partial charge in [0.15, 0.2) is 5.69 Å². The molecule has 0 bridgehead atoms. The van der Waals surface area contributed by atoms with Crippen LogP contribution >= 0.6 is 23.2 Å². The summed E-state index contributed by atoms with van der Waals surface area (Å²) < 4.78 is 53.8. The first kappa shape index (κ1) is 25.3. The minimum atomic E-state index is -4.61. The van der Waals surface area contributed by atoms with Crippen LogP contribution in [-0.2, 0) is 12.8 Å². The number of hydrogen-bond acceptors (Lipinski definition) is 4. The second-order valence-corrected chi connectivity index (χ2v) is 10.8. The number of alkyl halides is 3. The molecule has 0 saturated heterocycles. The number of halogens is 5. The molecule has 196 valence electrons. The third-order valence-corrected chi connectivity index (χ3v) is 7.79. The van der Waals surface area contributed by atoms with E-state index in [2.05, 4.69) is 10.1 Å². The van der Waals surface area contributed by atoms with Gasteiger partial charge < -0.3 is 9.26 Å². The van der Waals surface area contributed by atoms with Crippen molar-refractivity contribution in [3.05, 3.63) is 98.4 Å². The highest BCUT2D eigenvalue weighted by atomic mass is 35.5. The minimum Gasteiger partial charge on any atom is -0.473 e. The Balaban J connectivity index is 1.29. The standard InChI is InChI=1S/C29H23Cl2F3N2O2/c1-15-4-2-5-17(12-15)19-13-20(19)18-10-11-24(35-28(18)29(32,33)34)37-14-21-26(36-38-27(21)16-8-9-16)25-22(30)6-3-7-23(25)31/h2-7,10-12,16,19-20H,8-9,13-14H2,1H3. The van der Waals surface area contributed by atoms with E-state index in [0.29, 0.717) is 39.0 Å². The number of rotatable bonds is 7. The Bertz CT molecular complexity index is 1490. The summed E-state index contributed by atoms with van der Waals surface area (Å²) in [7, 11) is 0. The predicted octanol–water partition coefficient (Wildman–Crippen LogP) is 9.10. The Hall–Kier alpha value is -3.03. The molecular weight excluding hydrogens is 536 g/mol. The second kappa shape index (κ2) is 9.62. The number of hydrogen-bond donors (Lipinski definition) is 0. The van der Waals surface area contributed by atoms with Crippen LogP contribution in [0.4, 0.5) is 13.2 Å². The molecule has 4 aromatic rings. The molecule has 2 aliphatic carbocycles. The fourth-order valence-corrected chi connectivity index (χ4v) is 5.64. The molecular formula is C29H23Cl2F3N2O2. The normalized spacial score (nSPS) is 19.0. The maximum atomic E-state index is 14.1. The Labute approximate surface area is 227 Å². The summed E-state index contributed by atoms with van der Waals surface area (Å²) in [5.74, 6) is 0.523. The Kier molecular flexibility index (Phi) is 6.39. The first-order valence-electron chi connectivity index (χ1n) is 12.4. The van der Waals surface area contributed by atoms with E-state index in [4.69, 9.17) is 32.5 Å². The van der Waals surface area contributed by atoms with Crippen LogP contribution in [0.1, 0.15) is 70.7 Å². The lowest BCUT2D eigenvalue weighted by Gasteiger charge is -2.15. The van der Waals surface area contributed by atoms with Crippen LogP contribution in [0.15, 0.2) is 59.1 Å². The Morgan fingerprint density at radius 3 is 2.42 bits per heavy atom.